The van der Waals surface area contributed by atoms with E-state index >= 15 is 0 Å². The van der Waals surface area contributed by atoms with Crippen LogP contribution in [0, 0.1) is 5.82 Å². The lowest BCUT2D eigenvalue weighted by Crippen LogP contribution is -2.49. The molecule has 2 amide bonds. The highest BCUT2D eigenvalue weighted by Gasteiger charge is 2.23. The lowest BCUT2D eigenvalue weighted by atomic mass is 10.2. The fraction of sp³-hybridized carbons (Fsp3) is 0.444. The summed E-state index contributed by atoms with van der Waals surface area (Å²) < 4.78 is 13.8. The number of halogens is 1. The first-order chi connectivity index (χ1) is 11.5. The van der Waals surface area contributed by atoms with E-state index in [-0.39, 0.29) is 17.6 Å². The van der Waals surface area contributed by atoms with E-state index < -0.39 is 0 Å². The van der Waals surface area contributed by atoms with Crippen LogP contribution < -0.4 is 4.90 Å². The Hall–Kier alpha value is -2.37. The van der Waals surface area contributed by atoms with Crippen molar-refractivity contribution in [3.8, 4) is 0 Å². The molecule has 1 aromatic rings. The number of carbonyl (C=O) groups is 2. The van der Waals surface area contributed by atoms with Gasteiger partial charge in [-0.3, -0.25) is 9.59 Å². The van der Waals surface area contributed by atoms with Crippen molar-refractivity contribution in [2.24, 2.45) is 0 Å². The molecule has 0 aromatic heterocycles. The molecular formula is C18H24FN3O2. The van der Waals surface area contributed by atoms with Crippen LogP contribution in [0.5, 0.6) is 0 Å². The van der Waals surface area contributed by atoms with Crippen LogP contribution in [0.2, 0.25) is 0 Å². The van der Waals surface area contributed by atoms with Crippen molar-refractivity contribution in [2.75, 3.05) is 44.2 Å². The highest BCUT2D eigenvalue weighted by molar-refractivity contribution is 5.78. The van der Waals surface area contributed by atoms with Crippen LogP contribution in [0.1, 0.15) is 13.3 Å². The summed E-state index contributed by atoms with van der Waals surface area (Å²) in [5, 5.41) is 0. The third-order valence-electron chi connectivity index (χ3n) is 4.22. The molecule has 1 aromatic carbocycles. The zero-order valence-corrected chi connectivity index (χ0v) is 14.1. The fourth-order valence-corrected chi connectivity index (χ4v) is 2.83. The summed E-state index contributed by atoms with van der Waals surface area (Å²) in [5.74, 6) is -0.274. The number of para-hydroxylation sites is 1. The van der Waals surface area contributed by atoms with Crippen LogP contribution in [0.4, 0.5) is 10.1 Å². The molecule has 0 aliphatic carbocycles. The van der Waals surface area contributed by atoms with Gasteiger partial charge >= 0.3 is 0 Å². The van der Waals surface area contributed by atoms with Gasteiger partial charge in [-0.25, -0.2) is 4.39 Å². The molecular weight excluding hydrogens is 309 g/mol. The van der Waals surface area contributed by atoms with E-state index in [0.29, 0.717) is 51.4 Å². The molecule has 0 bridgehead atoms. The van der Waals surface area contributed by atoms with E-state index in [4.69, 9.17) is 0 Å². The Kier molecular flexibility index (Phi) is 6.35. The summed E-state index contributed by atoms with van der Waals surface area (Å²) in [4.78, 5) is 29.1. The van der Waals surface area contributed by atoms with Gasteiger partial charge in [-0.1, -0.05) is 18.2 Å². The van der Waals surface area contributed by atoms with Gasteiger partial charge in [-0.15, -0.1) is 6.58 Å². The third kappa shape index (κ3) is 4.57. The molecule has 6 heteroatoms. The third-order valence-corrected chi connectivity index (χ3v) is 4.22. The van der Waals surface area contributed by atoms with Gasteiger partial charge in [0, 0.05) is 52.6 Å². The van der Waals surface area contributed by atoms with Gasteiger partial charge in [-0.2, -0.15) is 0 Å². The normalized spacial score (nSPS) is 14.4. The molecule has 24 heavy (non-hydrogen) atoms. The number of hydrogen-bond donors (Lipinski definition) is 0. The van der Waals surface area contributed by atoms with Crippen molar-refractivity contribution in [3.05, 3.63) is 42.7 Å². The summed E-state index contributed by atoms with van der Waals surface area (Å²) in [6.45, 7) is 8.29. The Morgan fingerprint density at radius 1 is 1.25 bits per heavy atom. The summed E-state index contributed by atoms with van der Waals surface area (Å²) in [6.07, 6.45) is 1.95. The lowest BCUT2D eigenvalue weighted by Gasteiger charge is -2.36. The maximum Gasteiger partial charge on any atom is 0.224 e. The fourth-order valence-electron chi connectivity index (χ4n) is 2.83. The average Bonchev–Trinajstić information content (AvgIpc) is 2.58. The van der Waals surface area contributed by atoms with Gasteiger partial charge in [0.05, 0.1) is 5.69 Å². The highest BCUT2D eigenvalue weighted by Crippen LogP contribution is 2.20. The van der Waals surface area contributed by atoms with Crippen LogP contribution in [0.15, 0.2) is 36.9 Å². The monoisotopic (exact) mass is 333 g/mol. The zero-order valence-electron chi connectivity index (χ0n) is 14.1. The smallest absolute Gasteiger partial charge is 0.224 e. The van der Waals surface area contributed by atoms with E-state index in [2.05, 4.69) is 6.58 Å². The first kappa shape index (κ1) is 18.0. The number of rotatable bonds is 6. The molecule has 1 saturated heterocycles. The van der Waals surface area contributed by atoms with Gasteiger partial charge in [0.2, 0.25) is 11.8 Å². The molecule has 1 fully saturated rings. The molecule has 5 nitrogen and oxygen atoms in total. The van der Waals surface area contributed by atoms with Crippen molar-refractivity contribution >= 4 is 17.5 Å². The van der Waals surface area contributed by atoms with Crippen LogP contribution in [-0.2, 0) is 9.59 Å². The second-order valence-electron chi connectivity index (χ2n) is 5.82. The molecule has 1 aliphatic rings. The first-order valence-electron chi connectivity index (χ1n) is 8.16. The lowest BCUT2D eigenvalue weighted by molar-refractivity contribution is -0.133. The van der Waals surface area contributed by atoms with Crippen LogP contribution in [0.25, 0.3) is 0 Å². The van der Waals surface area contributed by atoms with Gasteiger partial charge in [0.1, 0.15) is 5.82 Å². The van der Waals surface area contributed by atoms with E-state index in [1.165, 1.54) is 13.0 Å². The number of piperazine rings is 1. The van der Waals surface area contributed by atoms with E-state index in [0.717, 1.165) is 0 Å². The summed E-state index contributed by atoms with van der Waals surface area (Å²) in [6, 6.07) is 6.68. The number of hydrogen-bond acceptors (Lipinski definition) is 3. The molecule has 0 saturated carbocycles. The van der Waals surface area contributed by atoms with Crippen molar-refractivity contribution < 1.29 is 14.0 Å². The quantitative estimate of drug-likeness (QED) is 0.747. The Bertz CT molecular complexity index is 598. The molecule has 1 heterocycles. The van der Waals surface area contributed by atoms with Gasteiger partial charge < -0.3 is 14.7 Å². The SMILES string of the molecule is C=CCN(CCC(=O)N1CCN(c2ccccc2F)CC1)C(C)=O. The number of benzene rings is 1. The summed E-state index contributed by atoms with van der Waals surface area (Å²) >= 11 is 0. The second kappa shape index (κ2) is 8.47. The topological polar surface area (TPSA) is 43.9 Å². The minimum Gasteiger partial charge on any atom is -0.366 e. The van der Waals surface area contributed by atoms with Crippen LogP contribution >= 0.6 is 0 Å². The predicted molar refractivity (Wildman–Crippen MR) is 92.3 cm³/mol. The number of carbonyl (C=O) groups excluding carboxylic acids is 2. The van der Waals surface area contributed by atoms with E-state index in [9.17, 15) is 14.0 Å². The molecule has 2 rings (SSSR count). The summed E-state index contributed by atoms with van der Waals surface area (Å²) in [7, 11) is 0. The maximum absolute atomic E-state index is 13.8. The van der Waals surface area contributed by atoms with Crippen LogP contribution in [-0.4, -0.2) is 60.9 Å². The minimum absolute atomic E-state index is 0.0264. The minimum atomic E-state index is -0.237. The Balaban J connectivity index is 1.83. The predicted octanol–water partition coefficient (Wildman–Crippen LogP) is 1.90. The number of amides is 2. The Labute approximate surface area is 142 Å². The number of anilines is 1. The molecule has 0 spiro atoms. The average molecular weight is 333 g/mol. The zero-order chi connectivity index (χ0) is 17.5. The summed E-state index contributed by atoms with van der Waals surface area (Å²) in [5.41, 5.74) is 0.582. The Morgan fingerprint density at radius 3 is 2.50 bits per heavy atom. The van der Waals surface area contributed by atoms with Gasteiger partial charge in [-0.05, 0) is 12.1 Å². The van der Waals surface area contributed by atoms with Crippen LogP contribution in [0.3, 0.4) is 0 Å². The van der Waals surface area contributed by atoms with Gasteiger partial charge in [0.25, 0.3) is 0 Å². The highest BCUT2D eigenvalue weighted by atomic mass is 19.1. The maximum atomic E-state index is 13.8. The molecule has 130 valence electrons. The largest absolute Gasteiger partial charge is 0.366 e. The molecule has 0 atom stereocenters. The molecule has 1 aliphatic heterocycles. The van der Waals surface area contributed by atoms with Crippen molar-refractivity contribution in [1.29, 1.82) is 0 Å². The standard InChI is InChI=1S/C18H24FN3O2/c1-3-9-20(15(2)23)10-8-18(24)22-13-11-21(12-14-22)17-7-5-4-6-16(17)19/h3-7H,1,8-14H2,2H3. The molecule has 0 unspecified atom stereocenters. The van der Waals surface area contributed by atoms with Gasteiger partial charge in [0.15, 0.2) is 0 Å². The Morgan fingerprint density at radius 2 is 1.92 bits per heavy atom. The van der Waals surface area contributed by atoms with E-state index in [1.54, 1.807) is 28.0 Å². The first-order valence-corrected chi connectivity index (χ1v) is 8.16. The van der Waals surface area contributed by atoms with Crippen molar-refractivity contribution in [1.82, 2.24) is 9.80 Å². The van der Waals surface area contributed by atoms with Crippen molar-refractivity contribution in [2.45, 2.75) is 13.3 Å². The molecule has 0 N–H and O–H groups in total. The van der Waals surface area contributed by atoms with E-state index in [1.807, 2.05) is 11.0 Å². The second-order valence-corrected chi connectivity index (χ2v) is 5.82. The molecule has 0 radical (unpaired) electrons. The van der Waals surface area contributed by atoms with Crippen molar-refractivity contribution in [3.63, 3.8) is 0 Å². The number of nitrogens with zero attached hydrogens (tertiary/aromatic N) is 3.